The van der Waals surface area contributed by atoms with Gasteiger partial charge in [-0.1, -0.05) is 36.4 Å². The summed E-state index contributed by atoms with van der Waals surface area (Å²) in [6, 6.07) is 20.1. The molecule has 0 aliphatic rings. The van der Waals surface area contributed by atoms with E-state index >= 15 is 0 Å². The summed E-state index contributed by atoms with van der Waals surface area (Å²) in [5.74, 6) is 0.693. The predicted molar refractivity (Wildman–Crippen MR) is 140 cm³/mol. The highest BCUT2D eigenvalue weighted by molar-refractivity contribution is 5.94. The molecule has 0 heterocycles. The highest BCUT2D eigenvalue weighted by atomic mass is 16.5. The number of ether oxygens (including phenoxy) is 1. The van der Waals surface area contributed by atoms with Crippen molar-refractivity contribution in [2.24, 2.45) is 0 Å². The molecule has 0 saturated heterocycles. The smallest absolute Gasteiger partial charge is 0.251 e. The molecule has 7 nitrogen and oxygen atoms in total. The third-order valence-electron chi connectivity index (χ3n) is 6.14. The van der Waals surface area contributed by atoms with Gasteiger partial charge in [-0.05, 0) is 73.7 Å². The van der Waals surface area contributed by atoms with E-state index in [1.165, 1.54) is 6.07 Å². The molecule has 3 rings (SSSR count). The minimum Gasteiger partial charge on any atom is -0.508 e. The first-order valence-corrected chi connectivity index (χ1v) is 12.1. The van der Waals surface area contributed by atoms with Crippen LogP contribution in [0.25, 0.3) is 0 Å². The number of aliphatic hydroxyl groups is 2. The predicted octanol–water partition coefficient (Wildman–Crippen LogP) is 3.51. The maximum absolute atomic E-state index is 12.7. The lowest BCUT2D eigenvalue weighted by Gasteiger charge is -2.28. The van der Waals surface area contributed by atoms with Gasteiger partial charge in [-0.15, -0.1) is 0 Å². The number of phenols is 1. The summed E-state index contributed by atoms with van der Waals surface area (Å²) in [6.45, 7) is 4.58. The first-order valence-electron chi connectivity index (χ1n) is 12.1. The van der Waals surface area contributed by atoms with Crippen LogP contribution >= 0.6 is 0 Å². The van der Waals surface area contributed by atoms with Crippen LogP contribution in [0, 0.1) is 0 Å². The van der Waals surface area contributed by atoms with Gasteiger partial charge in [-0.2, -0.15) is 0 Å². The van der Waals surface area contributed by atoms with E-state index in [2.05, 4.69) is 10.6 Å². The second-order valence-electron chi connectivity index (χ2n) is 9.52. The van der Waals surface area contributed by atoms with Crippen LogP contribution < -0.4 is 15.4 Å². The Morgan fingerprint density at radius 1 is 1.03 bits per heavy atom. The quantitative estimate of drug-likeness (QED) is 0.265. The molecule has 0 aliphatic heterocycles. The summed E-state index contributed by atoms with van der Waals surface area (Å²) in [7, 11) is 1.64. The number of rotatable bonds is 12. The van der Waals surface area contributed by atoms with E-state index < -0.39 is 6.10 Å². The fourth-order valence-corrected chi connectivity index (χ4v) is 4.15. The molecular formula is C29H36N2O5. The lowest BCUT2D eigenvalue weighted by Crippen LogP contribution is -2.43. The molecule has 1 atom stereocenters. The van der Waals surface area contributed by atoms with Gasteiger partial charge in [0.1, 0.15) is 11.5 Å². The van der Waals surface area contributed by atoms with E-state index in [1.54, 1.807) is 25.3 Å². The number of aromatic hydroxyl groups is 1. The Labute approximate surface area is 212 Å². The molecule has 36 heavy (non-hydrogen) atoms. The number of carbonyl (C=O) groups excluding carboxylic acids is 1. The number of benzene rings is 3. The van der Waals surface area contributed by atoms with Gasteiger partial charge in [0, 0.05) is 29.8 Å². The zero-order chi connectivity index (χ0) is 26.1. The van der Waals surface area contributed by atoms with Crippen LogP contribution in [-0.4, -0.2) is 47.0 Å². The Hall–Kier alpha value is -3.39. The van der Waals surface area contributed by atoms with Gasteiger partial charge in [-0.3, -0.25) is 4.79 Å². The van der Waals surface area contributed by atoms with Crippen molar-refractivity contribution in [1.82, 2.24) is 10.6 Å². The van der Waals surface area contributed by atoms with Crippen LogP contribution in [-0.2, 0) is 19.4 Å². The van der Waals surface area contributed by atoms with Crippen molar-refractivity contribution in [3.8, 4) is 11.5 Å². The zero-order valence-corrected chi connectivity index (χ0v) is 21.1. The highest BCUT2D eigenvalue weighted by Gasteiger charge is 2.21. The summed E-state index contributed by atoms with van der Waals surface area (Å²) in [6.07, 6.45) is 0.533. The third-order valence-corrected chi connectivity index (χ3v) is 6.14. The van der Waals surface area contributed by atoms with Crippen LogP contribution in [0.2, 0.25) is 0 Å². The van der Waals surface area contributed by atoms with Gasteiger partial charge in [-0.25, -0.2) is 0 Å². The number of hydrogen-bond acceptors (Lipinski definition) is 6. The van der Waals surface area contributed by atoms with E-state index in [0.717, 1.165) is 16.9 Å². The van der Waals surface area contributed by atoms with Crippen molar-refractivity contribution >= 4 is 5.91 Å². The Morgan fingerprint density at radius 3 is 2.56 bits per heavy atom. The molecule has 3 aromatic rings. The lowest BCUT2D eigenvalue weighted by molar-refractivity contribution is 0.0954. The fourth-order valence-electron chi connectivity index (χ4n) is 4.15. The molecular weight excluding hydrogens is 456 g/mol. The van der Waals surface area contributed by atoms with Gasteiger partial charge in [0.2, 0.25) is 0 Å². The zero-order valence-electron chi connectivity index (χ0n) is 21.1. The van der Waals surface area contributed by atoms with Gasteiger partial charge in [0.25, 0.3) is 5.91 Å². The standard InChI is InChI=1S/C29H36N2O5/c1-29(2,31-18-26(34)22-11-12-25(33)24(16-22)19-32)17-20-7-6-9-23(15-20)28(35)30-14-13-21-8-4-5-10-27(21)36-3/h4-12,15-16,26,31-34H,13-14,17-19H2,1-3H3,(H,30,35)/t26-/m0/s1. The number of methoxy groups -OCH3 is 1. The monoisotopic (exact) mass is 492 g/mol. The lowest BCUT2D eigenvalue weighted by atomic mass is 9.93. The molecule has 5 N–H and O–H groups in total. The molecule has 0 radical (unpaired) electrons. The topological polar surface area (TPSA) is 111 Å². The first-order chi connectivity index (χ1) is 17.2. The molecule has 0 unspecified atom stereocenters. The van der Waals surface area contributed by atoms with Crippen molar-refractivity contribution in [3.05, 3.63) is 94.5 Å². The molecule has 0 saturated carbocycles. The fraction of sp³-hybridized carbons (Fsp3) is 0.345. The van der Waals surface area contributed by atoms with Crippen molar-refractivity contribution in [2.75, 3.05) is 20.2 Å². The first kappa shape index (κ1) is 27.2. The average molecular weight is 493 g/mol. The molecule has 0 spiro atoms. The number of nitrogens with one attached hydrogen (secondary N) is 2. The Morgan fingerprint density at radius 2 is 1.81 bits per heavy atom. The molecule has 0 bridgehead atoms. The number of β-amino-alcohol motifs (C(OH)–C–C–N with tert-alkyl or cyclic N) is 1. The number of carbonyl (C=O) groups is 1. The number of para-hydroxylation sites is 1. The molecule has 0 aromatic heterocycles. The van der Waals surface area contributed by atoms with Crippen LogP contribution in [0.1, 0.15) is 52.6 Å². The molecule has 1 amide bonds. The van der Waals surface area contributed by atoms with Crippen molar-refractivity contribution in [3.63, 3.8) is 0 Å². The largest absolute Gasteiger partial charge is 0.508 e. The van der Waals surface area contributed by atoms with Gasteiger partial charge in [0.05, 0.1) is 19.8 Å². The SMILES string of the molecule is COc1ccccc1CCNC(=O)c1cccc(CC(C)(C)NC[C@H](O)c2ccc(O)c(CO)c2)c1. The van der Waals surface area contributed by atoms with Gasteiger partial charge in [0.15, 0.2) is 0 Å². The van der Waals surface area contributed by atoms with Gasteiger partial charge < -0.3 is 30.7 Å². The maximum atomic E-state index is 12.7. The average Bonchev–Trinajstić information content (AvgIpc) is 2.87. The van der Waals surface area contributed by atoms with Crippen molar-refractivity contribution in [2.45, 2.75) is 44.9 Å². The summed E-state index contributed by atoms with van der Waals surface area (Å²) >= 11 is 0. The van der Waals surface area contributed by atoms with Crippen LogP contribution in [0.15, 0.2) is 66.7 Å². The minimum absolute atomic E-state index is 0.00505. The number of hydrogen-bond donors (Lipinski definition) is 5. The second-order valence-corrected chi connectivity index (χ2v) is 9.52. The summed E-state index contributed by atoms with van der Waals surface area (Å²) in [5, 5.41) is 36.0. The van der Waals surface area contributed by atoms with Crippen LogP contribution in [0.4, 0.5) is 0 Å². The van der Waals surface area contributed by atoms with Crippen molar-refractivity contribution < 1.29 is 24.9 Å². The Kier molecular flexibility index (Phi) is 9.47. The van der Waals surface area contributed by atoms with Crippen LogP contribution in [0.3, 0.4) is 0 Å². The minimum atomic E-state index is -0.796. The number of aliphatic hydroxyl groups excluding tert-OH is 2. The van der Waals surface area contributed by atoms with E-state index in [0.29, 0.717) is 42.6 Å². The highest BCUT2D eigenvalue weighted by Crippen LogP contribution is 2.23. The third kappa shape index (κ3) is 7.55. The second kappa shape index (κ2) is 12.5. The van der Waals surface area contributed by atoms with Gasteiger partial charge >= 0.3 is 0 Å². The van der Waals surface area contributed by atoms with E-state index in [4.69, 9.17) is 4.74 Å². The summed E-state index contributed by atoms with van der Waals surface area (Å²) in [4.78, 5) is 12.7. The molecule has 3 aromatic carbocycles. The van der Waals surface area contributed by atoms with E-state index in [-0.39, 0.29) is 23.8 Å². The van der Waals surface area contributed by atoms with E-state index in [1.807, 2.05) is 56.3 Å². The normalized spacial score (nSPS) is 12.2. The summed E-state index contributed by atoms with van der Waals surface area (Å²) in [5.41, 5.74) is 3.30. The summed E-state index contributed by atoms with van der Waals surface area (Å²) < 4.78 is 5.37. The molecule has 7 heteroatoms. The van der Waals surface area contributed by atoms with Crippen LogP contribution in [0.5, 0.6) is 11.5 Å². The Balaban J connectivity index is 1.54. The van der Waals surface area contributed by atoms with E-state index in [9.17, 15) is 20.1 Å². The molecule has 0 fully saturated rings. The maximum Gasteiger partial charge on any atom is 0.251 e. The molecule has 0 aliphatic carbocycles. The Bertz CT molecular complexity index is 1160. The van der Waals surface area contributed by atoms with Crippen molar-refractivity contribution in [1.29, 1.82) is 0 Å². The molecule has 192 valence electrons. The number of amides is 1.